The van der Waals surface area contributed by atoms with Crippen LogP contribution in [0, 0.1) is 12.8 Å². The number of methoxy groups -OCH3 is 2. The summed E-state index contributed by atoms with van der Waals surface area (Å²) >= 11 is 0. The first kappa shape index (κ1) is 19.6. The summed E-state index contributed by atoms with van der Waals surface area (Å²) in [5, 5.41) is 2.77. The normalized spacial score (nSPS) is 10.7. The molecule has 0 radical (unpaired) electrons. The van der Waals surface area contributed by atoms with Crippen LogP contribution in [0.5, 0.6) is 11.5 Å². The van der Waals surface area contributed by atoms with Gasteiger partial charge in [0, 0.05) is 18.8 Å². The molecule has 2 aromatic rings. The van der Waals surface area contributed by atoms with Crippen LogP contribution < -0.4 is 20.3 Å². The summed E-state index contributed by atoms with van der Waals surface area (Å²) in [6, 6.07) is 6.89. The van der Waals surface area contributed by atoms with Gasteiger partial charge in [-0.1, -0.05) is 13.8 Å². The van der Waals surface area contributed by atoms with Gasteiger partial charge in [0.1, 0.15) is 17.1 Å². The van der Waals surface area contributed by atoms with Crippen molar-refractivity contribution in [2.24, 2.45) is 5.92 Å². The van der Waals surface area contributed by atoms with Gasteiger partial charge in [-0.2, -0.15) is 0 Å². The Morgan fingerprint density at radius 3 is 2.54 bits per heavy atom. The van der Waals surface area contributed by atoms with Gasteiger partial charge >= 0.3 is 0 Å². The zero-order valence-electron chi connectivity index (χ0n) is 16.0. The minimum atomic E-state index is -0.460. The molecule has 0 unspecified atom stereocenters. The predicted octanol–water partition coefficient (Wildman–Crippen LogP) is 3.47. The molecule has 1 aromatic carbocycles. The number of pyridine rings is 1. The van der Waals surface area contributed by atoms with Gasteiger partial charge in [0.2, 0.25) is 0 Å². The Bertz CT molecular complexity index is 840. The van der Waals surface area contributed by atoms with Crippen LogP contribution >= 0.6 is 0 Å². The lowest BCUT2D eigenvalue weighted by atomic mass is 10.1. The van der Waals surface area contributed by atoms with E-state index in [1.54, 1.807) is 49.1 Å². The quantitative estimate of drug-likeness (QED) is 0.823. The fourth-order valence-electron chi connectivity index (χ4n) is 2.61. The third-order valence-electron chi connectivity index (χ3n) is 4.20. The fourth-order valence-corrected chi connectivity index (χ4v) is 2.61. The molecular formula is C20H26N2O4. The number of benzene rings is 1. The highest BCUT2D eigenvalue weighted by molar-refractivity contribution is 6.05. The van der Waals surface area contributed by atoms with E-state index >= 15 is 0 Å². The zero-order chi connectivity index (χ0) is 19.3. The summed E-state index contributed by atoms with van der Waals surface area (Å²) in [5.41, 5.74) is 0.939. The van der Waals surface area contributed by atoms with E-state index in [1.165, 1.54) is 7.11 Å². The number of carbonyl (C=O) groups is 1. The first-order valence-electron chi connectivity index (χ1n) is 8.60. The maximum absolute atomic E-state index is 12.8. The Morgan fingerprint density at radius 2 is 1.92 bits per heavy atom. The summed E-state index contributed by atoms with van der Waals surface area (Å²) in [7, 11) is 3.06. The van der Waals surface area contributed by atoms with Gasteiger partial charge in [-0.25, -0.2) is 0 Å². The topological polar surface area (TPSA) is 69.6 Å². The van der Waals surface area contributed by atoms with Crippen molar-refractivity contribution in [3.8, 4) is 11.5 Å². The number of anilines is 1. The molecule has 1 amide bonds. The summed E-state index contributed by atoms with van der Waals surface area (Å²) in [4.78, 5) is 25.6. The standard InChI is InChI=1S/C20H26N2O4/c1-13(2)8-10-22-11-9-14(3)18(20(22)24)19(23)21-16-12-15(25-4)6-7-17(16)26-5/h6-7,9,11-13H,8,10H2,1-5H3,(H,21,23). The van der Waals surface area contributed by atoms with E-state index in [0.717, 1.165) is 6.42 Å². The Kier molecular flexibility index (Phi) is 6.44. The summed E-state index contributed by atoms with van der Waals surface area (Å²) in [6.07, 6.45) is 2.61. The van der Waals surface area contributed by atoms with Crippen LogP contribution in [0.4, 0.5) is 5.69 Å². The molecule has 0 saturated carbocycles. The van der Waals surface area contributed by atoms with Crippen LogP contribution in [0.1, 0.15) is 36.2 Å². The number of ether oxygens (including phenoxy) is 2. The van der Waals surface area contributed by atoms with Crippen LogP contribution in [-0.4, -0.2) is 24.7 Å². The van der Waals surface area contributed by atoms with E-state index in [1.807, 2.05) is 0 Å². The summed E-state index contributed by atoms with van der Waals surface area (Å²) < 4.78 is 12.1. The SMILES string of the molecule is COc1ccc(OC)c(NC(=O)c2c(C)ccn(CCC(C)C)c2=O)c1. The average molecular weight is 358 g/mol. The van der Waals surface area contributed by atoms with Gasteiger partial charge in [0.15, 0.2) is 0 Å². The lowest BCUT2D eigenvalue weighted by molar-refractivity contribution is 0.102. The molecule has 6 heteroatoms. The smallest absolute Gasteiger partial charge is 0.263 e. The Labute approximate surface area is 153 Å². The van der Waals surface area contributed by atoms with Crippen LogP contribution in [0.25, 0.3) is 0 Å². The van der Waals surface area contributed by atoms with Crippen molar-refractivity contribution >= 4 is 11.6 Å². The maximum Gasteiger partial charge on any atom is 0.263 e. The van der Waals surface area contributed by atoms with Crippen molar-refractivity contribution in [3.05, 3.63) is 51.9 Å². The molecule has 26 heavy (non-hydrogen) atoms. The Hall–Kier alpha value is -2.76. The number of aromatic nitrogens is 1. The molecule has 0 aliphatic heterocycles. The lowest BCUT2D eigenvalue weighted by Crippen LogP contribution is -2.30. The zero-order valence-corrected chi connectivity index (χ0v) is 16.0. The molecule has 0 saturated heterocycles. The van der Waals surface area contributed by atoms with Gasteiger partial charge in [-0.15, -0.1) is 0 Å². The number of nitrogens with zero attached hydrogens (tertiary/aromatic N) is 1. The van der Waals surface area contributed by atoms with E-state index in [9.17, 15) is 9.59 Å². The molecule has 0 bridgehead atoms. The average Bonchev–Trinajstić information content (AvgIpc) is 2.60. The van der Waals surface area contributed by atoms with Crippen molar-refractivity contribution in [3.63, 3.8) is 0 Å². The third-order valence-corrected chi connectivity index (χ3v) is 4.20. The van der Waals surface area contributed by atoms with E-state index in [2.05, 4.69) is 19.2 Å². The highest BCUT2D eigenvalue weighted by atomic mass is 16.5. The maximum atomic E-state index is 12.8. The molecule has 1 heterocycles. The highest BCUT2D eigenvalue weighted by Crippen LogP contribution is 2.29. The van der Waals surface area contributed by atoms with E-state index in [0.29, 0.717) is 35.2 Å². The van der Waals surface area contributed by atoms with Crippen LogP contribution in [-0.2, 0) is 6.54 Å². The van der Waals surface area contributed by atoms with Crippen LogP contribution in [0.3, 0.4) is 0 Å². The molecule has 6 nitrogen and oxygen atoms in total. The second kappa shape index (κ2) is 8.56. The van der Waals surface area contributed by atoms with Crippen molar-refractivity contribution in [1.29, 1.82) is 0 Å². The van der Waals surface area contributed by atoms with Gasteiger partial charge in [-0.05, 0) is 43.0 Å². The van der Waals surface area contributed by atoms with Crippen molar-refractivity contribution in [1.82, 2.24) is 4.57 Å². The molecular weight excluding hydrogens is 332 g/mol. The largest absolute Gasteiger partial charge is 0.497 e. The number of rotatable bonds is 7. The highest BCUT2D eigenvalue weighted by Gasteiger charge is 2.18. The van der Waals surface area contributed by atoms with Gasteiger partial charge < -0.3 is 19.4 Å². The molecule has 140 valence electrons. The minimum absolute atomic E-state index is 0.140. The second-order valence-electron chi connectivity index (χ2n) is 6.58. The predicted molar refractivity (Wildman–Crippen MR) is 102 cm³/mol. The molecule has 1 aromatic heterocycles. The Balaban J connectivity index is 2.35. The number of carbonyl (C=O) groups excluding carboxylic acids is 1. The fraction of sp³-hybridized carbons (Fsp3) is 0.400. The molecule has 2 rings (SSSR count). The molecule has 0 aliphatic carbocycles. The van der Waals surface area contributed by atoms with E-state index in [-0.39, 0.29) is 11.1 Å². The Morgan fingerprint density at radius 1 is 1.19 bits per heavy atom. The number of amides is 1. The first-order valence-corrected chi connectivity index (χ1v) is 8.60. The molecule has 0 spiro atoms. The summed E-state index contributed by atoms with van der Waals surface area (Å²) in [6.45, 7) is 6.54. The first-order chi connectivity index (χ1) is 12.4. The number of nitrogens with one attached hydrogen (secondary N) is 1. The lowest BCUT2D eigenvalue weighted by Gasteiger charge is -2.14. The monoisotopic (exact) mass is 358 g/mol. The summed E-state index contributed by atoms with van der Waals surface area (Å²) in [5.74, 6) is 1.09. The number of hydrogen-bond acceptors (Lipinski definition) is 4. The van der Waals surface area contributed by atoms with Gasteiger partial charge in [-0.3, -0.25) is 9.59 Å². The molecule has 0 aliphatic rings. The molecule has 1 N–H and O–H groups in total. The van der Waals surface area contributed by atoms with Crippen molar-refractivity contribution < 1.29 is 14.3 Å². The molecule has 0 fully saturated rings. The molecule has 0 atom stereocenters. The van der Waals surface area contributed by atoms with Gasteiger partial charge in [0.05, 0.1) is 19.9 Å². The van der Waals surface area contributed by atoms with Crippen LogP contribution in [0.15, 0.2) is 35.3 Å². The van der Waals surface area contributed by atoms with Crippen molar-refractivity contribution in [2.75, 3.05) is 19.5 Å². The minimum Gasteiger partial charge on any atom is -0.497 e. The number of aryl methyl sites for hydroxylation is 2. The van der Waals surface area contributed by atoms with Crippen LogP contribution in [0.2, 0.25) is 0 Å². The second-order valence-corrected chi connectivity index (χ2v) is 6.58. The van der Waals surface area contributed by atoms with Gasteiger partial charge in [0.25, 0.3) is 11.5 Å². The number of hydrogen-bond donors (Lipinski definition) is 1. The van der Waals surface area contributed by atoms with E-state index in [4.69, 9.17) is 9.47 Å². The van der Waals surface area contributed by atoms with E-state index < -0.39 is 5.91 Å². The van der Waals surface area contributed by atoms with Crippen molar-refractivity contribution in [2.45, 2.75) is 33.7 Å². The third kappa shape index (κ3) is 4.45.